The van der Waals surface area contributed by atoms with E-state index in [1.54, 1.807) is 4.90 Å². The van der Waals surface area contributed by atoms with Crippen molar-refractivity contribution in [3.8, 4) is 0 Å². The molecule has 0 N–H and O–H groups in total. The van der Waals surface area contributed by atoms with E-state index in [4.69, 9.17) is 4.98 Å². The van der Waals surface area contributed by atoms with Crippen LogP contribution in [0.4, 0.5) is 9.52 Å². The van der Waals surface area contributed by atoms with Crippen molar-refractivity contribution in [1.82, 2.24) is 9.29 Å². The number of aromatic nitrogens is 1. The SMILES string of the molecule is Cc1cc(C)c2sc(N(Cc3ccccc3)C(=O)C3CCN(S(=O)(=O)c4ccc(F)cc4)CC3)nc2c1. The first kappa shape index (κ1) is 25.5. The number of thiazole rings is 1. The molecule has 1 aliphatic heterocycles. The molecule has 1 aromatic heterocycles. The number of carbonyl (C=O) groups is 1. The number of nitrogens with zero attached hydrogens (tertiary/aromatic N) is 3. The number of rotatable bonds is 6. The zero-order chi connectivity index (χ0) is 26.2. The molecule has 1 aliphatic rings. The number of benzene rings is 3. The van der Waals surface area contributed by atoms with Gasteiger partial charge in [-0.1, -0.05) is 47.7 Å². The van der Waals surface area contributed by atoms with E-state index in [1.165, 1.54) is 27.8 Å². The van der Waals surface area contributed by atoms with Gasteiger partial charge < -0.3 is 0 Å². The minimum Gasteiger partial charge on any atom is -0.283 e. The minimum absolute atomic E-state index is 0.0453. The van der Waals surface area contributed by atoms with Crippen LogP contribution in [0.1, 0.15) is 29.5 Å². The van der Waals surface area contributed by atoms with Gasteiger partial charge in [-0.05, 0) is 73.7 Å². The normalized spacial score (nSPS) is 15.2. The Morgan fingerprint density at radius 1 is 1.05 bits per heavy atom. The van der Waals surface area contributed by atoms with Crippen molar-refractivity contribution in [2.75, 3.05) is 18.0 Å². The second kappa shape index (κ2) is 10.3. The first-order chi connectivity index (χ1) is 17.7. The number of hydrogen-bond donors (Lipinski definition) is 0. The van der Waals surface area contributed by atoms with Gasteiger partial charge in [0.15, 0.2) is 5.13 Å². The van der Waals surface area contributed by atoms with Crippen LogP contribution in [0.2, 0.25) is 0 Å². The van der Waals surface area contributed by atoms with Gasteiger partial charge in [-0.25, -0.2) is 17.8 Å². The number of amides is 1. The maximum atomic E-state index is 13.9. The van der Waals surface area contributed by atoms with Crippen LogP contribution < -0.4 is 4.90 Å². The summed E-state index contributed by atoms with van der Waals surface area (Å²) >= 11 is 1.51. The van der Waals surface area contributed by atoms with Crippen LogP contribution >= 0.6 is 11.3 Å². The molecular weight excluding hydrogens is 509 g/mol. The average molecular weight is 538 g/mol. The molecule has 0 radical (unpaired) electrons. The maximum Gasteiger partial charge on any atom is 0.243 e. The summed E-state index contributed by atoms with van der Waals surface area (Å²) < 4.78 is 41.8. The largest absolute Gasteiger partial charge is 0.283 e. The Kier molecular flexibility index (Phi) is 7.11. The number of halogens is 1. The standard InChI is InChI=1S/C28H28FN3O3S2/c1-19-16-20(2)26-25(17-19)30-28(36-26)32(18-21-6-4-3-5-7-21)27(33)22-12-14-31(15-13-22)37(34,35)24-10-8-23(29)9-11-24/h3-11,16-17,22H,12-15,18H2,1-2H3. The molecule has 0 aliphatic carbocycles. The van der Waals surface area contributed by atoms with Crippen molar-refractivity contribution >= 4 is 42.6 Å². The van der Waals surface area contributed by atoms with E-state index in [0.717, 1.165) is 39.0 Å². The zero-order valence-corrected chi connectivity index (χ0v) is 22.4. The predicted molar refractivity (Wildman–Crippen MR) is 145 cm³/mol. The number of sulfonamides is 1. The van der Waals surface area contributed by atoms with E-state index < -0.39 is 15.8 Å². The van der Waals surface area contributed by atoms with E-state index in [2.05, 4.69) is 13.0 Å². The molecule has 4 aromatic rings. The topological polar surface area (TPSA) is 70.6 Å². The Labute approximate surface area is 220 Å². The number of piperidine rings is 1. The second-order valence-corrected chi connectivity index (χ2v) is 12.4. The van der Waals surface area contributed by atoms with Crippen LogP contribution in [-0.4, -0.2) is 36.7 Å². The molecule has 2 heterocycles. The summed E-state index contributed by atoms with van der Waals surface area (Å²) in [6, 6.07) is 18.8. The summed E-state index contributed by atoms with van der Waals surface area (Å²) in [6.07, 6.45) is 0.821. The summed E-state index contributed by atoms with van der Waals surface area (Å²) in [4.78, 5) is 20.5. The maximum absolute atomic E-state index is 13.9. The summed E-state index contributed by atoms with van der Waals surface area (Å²) in [5, 5.41) is 0.652. The Bertz CT molecular complexity index is 1530. The van der Waals surface area contributed by atoms with E-state index >= 15 is 0 Å². The molecule has 0 saturated carbocycles. The highest BCUT2D eigenvalue weighted by atomic mass is 32.2. The van der Waals surface area contributed by atoms with Gasteiger partial charge in [-0.3, -0.25) is 9.69 Å². The highest BCUT2D eigenvalue weighted by Crippen LogP contribution is 2.35. The first-order valence-corrected chi connectivity index (χ1v) is 14.5. The molecule has 0 unspecified atom stereocenters. The summed E-state index contributed by atoms with van der Waals surface area (Å²) in [6.45, 7) is 4.94. The number of hydrogen-bond acceptors (Lipinski definition) is 5. The zero-order valence-electron chi connectivity index (χ0n) is 20.7. The Hall–Kier alpha value is -3.14. The van der Waals surface area contributed by atoms with Crippen LogP contribution in [0.3, 0.4) is 0 Å². The fraction of sp³-hybridized carbons (Fsp3) is 0.286. The van der Waals surface area contributed by atoms with Crippen molar-refractivity contribution in [1.29, 1.82) is 0 Å². The number of aryl methyl sites for hydroxylation is 2. The summed E-state index contributed by atoms with van der Waals surface area (Å²) in [5.41, 5.74) is 4.13. The molecule has 0 atom stereocenters. The molecule has 1 saturated heterocycles. The number of carbonyl (C=O) groups excluding carboxylic acids is 1. The second-order valence-electron chi connectivity index (χ2n) is 9.47. The van der Waals surface area contributed by atoms with Crippen molar-refractivity contribution < 1.29 is 17.6 Å². The van der Waals surface area contributed by atoms with Gasteiger partial charge in [0.2, 0.25) is 15.9 Å². The Morgan fingerprint density at radius 2 is 1.73 bits per heavy atom. The fourth-order valence-corrected chi connectivity index (χ4v) is 7.30. The third-order valence-corrected chi connectivity index (χ3v) is 9.89. The van der Waals surface area contributed by atoms with E-state index in [9.17, 15) is 17.6 Å². The quantitative estimate of drug-likeness (QED) is 0.317. The molecule has 0 bridgehead atoms. The Balaban J connectivity index is 1.39. The van der Waals surface area contributed by atoms with Crippen LogP contribution in [0.25, 0.3) is 10.2 Å². The van der Waals surface area contributed by atoms with Crippen LogP contribution in [-0.2, 0) is 21.4 Å². The third kappa shape index (κ3) is 5.30. The van der Waals surface area contributed by atoms with Crippen LogP contribution in [0.15, 0.2) is 71.6 Å². The smallest absolute Gasteiger partial charge is 0.243 e. The van der Waals surface area contributed by atoms with Crippen LogP contribution in [0, 0.1) is 25.6 Å². The average Bonchev–Trinajstić information content (AvgIpc) is 3.32. The summed E-state index contributed by atoms with van der Waals surface area (Å²) in [7, 11) is -3.74. The number of anilines is 1. The monoisotopic (exact) mass is 537 g/mol. The molecule has 6 nitrogen and oxygen atoms in total. The first-order valence-electron chi connectivity index (χ1n) is 12.2. The molecule has 37 heavy (non-hydrogen) atoms. The molecule has 9 heteroatoms. The van der Waals surface area contributed by atoms with E-state index in [-0.39, 0.29) is 29.8 Å². The molecule has 5 rings (SSSR count). The highest BCUT2D eigenvalue weighted by Gasteiger charge is 2.35. The minimum atomic E-state index is -3.74. The molecular formula is C28H28FN3O3S2. The lowest BCUT2D eigenvalue weighted by molar-refractivity contribution is -0.123. The van der Waals surface area contributed by atoms with Gasteiger partial charge in [0, 0.05) is 19.0 Å². The van der Waals surface area contributed by atoms with Crippen molar-refractivity contribution in [2.45, 2.75) is 38.1 Å². The van der Waals surface area contributed by atoms with Gasteiger partial charge in [0.25, 0.3) is 0 Å². The van der Waals surface area contributed by atoms with Crippen LogP contribution in [0.5, 0.6) is 0 Å². The molecule has 3 aromatic carbocycles. The third-order valence-electron chi connectivity index (χ3n) is 6.74. The van der Waals surface area contributed by atoms with E-state index in [1.807, 2.05) is 43.3 Å². The lowest BCUT2D eigenvalue weighted by Crippen LogP contribution is -2.44. The van der Waals surface area contributed by atoms with Crippen molar-refractivity contribution in [2.24, 2.45) is 5.92 Å². The number of fused-ring (bicyclic) bond motifs is 1. The highest BCUT2D eigenvalue weighted by molar-refractivity contribution is 7.89. The molecule has 192 valence electrons. The van der Waals surface area contributed by atoms with E-state index in [0.29, 0.717) is 24.5 Å². The summed E-state index contributed by atoms with van der Waals surface area (Å²) in [5.74, 6) is -0.851. The fourth-order valence-electron chi connectivity index (χ4n) is 4.81. The van der Waals surface area contributed by atoms with Gasteiger partial charge in [-0.15, -0.1) is 0 Å². The van der Waals surface area contributed by atoms with Gasteiger partial charge in [0.05, 0.1) is 21.7 Å². The molecule has 0 spiro atoms. The van der Waals surface area contributed by atoms with Crippen molar-refractivity contribution in [3.05, 3.63) is 89.2 Å². The predicted octanol–water partition coefficient (Wildman–Crippen LogP) is 5.69. The lowest BCUT2D eigenvalue weighted by Gasteiger charge is -2.33. The van der Waals surface area contributed by atoms with Gasteiger partial charge >= 0.3 is 0 Å². The van der Waals surface area contributed by atoms with Crippen molar-refractivity contribution in [3.63, 3.8) is 0 Å². The van der Waals surface area contributed by atoms with Gasteiger partial charge in [0.1, 0.15) is 5.82 Å². The molecule has 1 amide bonds. The molecule has 1 fully saturated rings. The lowest BCUT2D eigenvalue weighted by atomic mass is 9.96. The Morgan fingerprint density at radius 3 is 2.41 bits per heavy atom. The van der Waals surface area contributed by atoms with Gasteiger partial charge in [-0.2, -0.15) is 4.31 Å².